The van der Waals surface area contributed by atoms with Crippen molar-refractivity contribution in [1.82, 2.24) is 20.2 Å². The average Bonchev–Trinajstić information content (AvgIpc) is 3.13. The van der Waals surface area contributed by atoms with Crippen molar-refractivity contribution in [2.24, 2.45) is 0 Å². The monoisotopic (exact) mass is 336 g/mol. The lowest BCUT2D eigenvalue weighted by molar-refractivity contribution is -0.114. The molecule has 7 nitrogen and oxygen atoms in total. The normalized spacial score (nSPS) is 10.5. The van der Waals surface area contributed by atoms with Crippen LogP contribution in [0.3, 0.4) is 0 Å². The SMILES string of the molecule is CCc1ccccc1NC(=O)CN(C)c1nnnn1-c1ccccc1. The number of likely N-dealkylation sites (N-methyl/N-ethyl adjacent to an activating group) is 1. The van der Waals surface area contributed by atoms with Gasteiger partial charge in [0.1, 0.15) is 0 Å². The minimum Gasteiger partial charge on any atom is -0.333 e. The molecule has 0 bridgehead atoms. The van der Waals surface area contributed by atoms with Crippen molar-refractivity contribution in [3.8, 4) is 5.69 Å². The van der Waals surface area contributed by atoms with E-state index in [0.29, 0.717) is 5.95 Å². The first-order chi connectivity index (χ1) is 12.2. The number of para-hydroxylation sites is 2. The predicted molar refractivity (Wildman–Crippen MR) is 96.9 cm³/mol. The molecule has 3 aromatic rings. The maximum Gasteiger partial charge on any atom is 0.250 e. The Morgan fingerprint density at radius 3 is 2.60 bits per heavy atom. The summed E-state index contributed by atoms with van der Waals surface area (Å²) in [7, 11) is 1.79. The zero-order chi connectivity index (χ0) is 17.6. The highest BCUT2D eigenvalue weighted by molar-refractivity contribution is 5.94. The van der Waals surface area contributed by atoms with Gasteiger partial charge < -0.3 is 10.2 Å². The molecule has 128 valence electrons. The molecule has 0 radical (unpaired) electrons. The molecule has 0 saturated carbocycles. The minimum atomic E-state index is -0.119. The van der Waals surface area contributed by atoms with Crippen LogP contribution in [0.4, 0.5) is 11.6 Å². The van der Waals surface area contributed by atoms with E-state index < -0.39 is 0 Å². The first kappa shape index (κ1) is 16.6. The van der Waals surface area contributed by atoms with Gasteiger partial charge in [0.15, 0.2) is 0 Å². The molecule has 1 N–H and O–H groups in total. The van der Waals surface area contributed by atoms with Crippen LogP contribution in [-0.4, -0.2) is 39.7 Å². The number of anilines is 2. The van der Waals surface area contributed by atoms with E-state index in [1.54, 1.807) is 16.6 Å². The summed E-state index contributed by atoms with van der Waals surface area (Å²) in [4.78, 5) is 14.1. The maximum atomic E-state index is 12.4. The van der Waals surface area contributed by atoms with E-state index in [9.17, 15) is 4.79 Å². The number of aromatic nitrogens is 4. The second-order valence-corrected chi connectivity index (χ2v) is 5.64. The number of nitrogens with zero attached hydrogens (tertiary/aromatic N) is 5. The number of hydrogen-bond acceptors (Lipinski definition) is 5. The van der Waals surface area contributed by atoms with Crippen LogP contribution >= 0.6 is 0 Å². The number of hydrogen-bond donors (Lipinski definition) is 1. The van der Waals surface area contributed by atoms with Crippen LogP contribution in [0.25, 0.3) is 5.69 Å². The molecule has 0 atom stereocenters. The second kappa shape index (κ2) is 7.57. The van der Waals surface area contributed by atoms with Crippen molar-refractivity contribution in [3.05, 3.63) is 60.2 Å². The van der Waals surface area contributed by atoms with Gasteiger partial charge in [0.2, 0.25) is 5.91 Å². The lowest BCUT2D eigenvalue weighted by atomic mass is 10.1. The summed E-state index contributed by atoms with van der Waals surface area (Å²) < 4.78 is 1.60. The largest absolute Gasteiger partial charge is 0.333 e. The third kappa shape index (κ3) is 3.82. The molecule has 2 aromatic carbocycles. The minimum absolute atomic E-state index is 0.119. The molecule has 0 fully saturated rings. The Morgan fingerprint density at radius 1 is 1.12 bits per heavy atom. The van der Waals surface area contributed by atoms with Crippen molar-refractivity contribution < 1.29 is 4.79 Å². The number of carbonyl (C=O) groups is 1. The summed E-state index contributed by atoms with van der Waals surface area (Å²) in [5.41, 5.74) is 2.78. The quantitative estimate of drug-likeness (QED) is 0.747. The molecule has 3 rings (SSSR count). The predicted octanol–water partition coefficient (Wildman–Crippen LogP) is 2.30. The van der Waals surface area contributed by atoms with E-state index in [-0.39, 0.29) is 12.5 Å². The Kier molecular flexibility index (Phi) is 5.03. The summed E-state index contributed by atoms with van der Waals surface area (Å²) >= 11 is 0. The molecule has 0 saturated heterocycles. The number of amides is 1. The van der Waals surface area contributed by atoms with E-state index in [2.05, 4.69) is 27.8 Å². The van der Waals surface area contributed by atoms with E-state index in [1.807, 2.05) is 54.6 Å². The highest BCUT2D eigenvalue weighted by Crippen LogP contribution is 2.16. The summed E-state index contributed by atoms with van der Waals surface area (Å²) in [5.74, 6) is 0.385. The van der Waals surface area contributed by atoms with Crippen LogP contribution in [0.2, 0.25) is 0 Å². The van der Waals surface area contributed by atoms with Crippen LogP contribution in [0.5, 0.6) is 0 Å². The van der Waals surface area contributed by atoms with E-state index in [0.717, 1.165) is 23.4 Å². The zero-order valence-electron chi connectivity index (χ0n) is 14.3. The molecule has 0 aliphatic rings. The van der Waals surface area contributed by atoms with Gasteiger partial charge in [0.25, 0.3) is 5.95 Å². The highest BCUT2D eigenvalue weighted by Gasteiger charge is 2.16. The summed E-state index contributed by atoms with van der Waals surface area (Å²) in [5, 5.41) is 14.7. The number of tetrazole rings is 1. The molecular formula is C18H20N6O. The van der Waals surface area contributed by atoms with Gasteiger partial charge in [-0.1, -0.05) is 48.4 Å². The second-order valence-electron chi connectivity index (χ2n) is 5.64. The van der Waals surface area contributed by atoms with Crippen molar-refractivity contribution in [2.75, 3.05) is 23.8 Å². The van der Waals surface area contributed by atoms with Crippen LogP contribution < -0.4 is 10.2 Å². The molecule has 25 heavy (non-hydrogen) atoms. The van der Waals surface area contributed by atoms with Gasteiger partial charge in [0, 0.05) is 12.7 Å². The summed E-state index contributed by atoms with van der Waals surface area (Å²) in [6, 6.07) is 17.4. The van der Waals surface area contributed by atoms with Gasteiger partial charge in [-0.15, -0.1) is 0 Å². The van der Waals surface area contributed by atoms with Gasteiger partial charge in [-0.25, -0.2) is 0 Å². The number of nitrogens with one attached hydrogen (secondary N) is 1. The lowest BCUT2D eigenvalue weighted by Gasteiger charge is -2.18. The Morgan fingerprint density at radius 2 is 1.84 bits per heavy atom. The van der Waals surface area contributed by atoms with Crippen molar-refractivity contribution in [1.29, 1.82) is 0 Å². The molecule has 0 spiro atoms. The molecule has 0 aliphatic carbocycles. The van der Waals surface area contributed by atoms with Crippen molar-refractivity contribution in [3.63, 3.8) is 0 Å². The maximum absolute atomic E-state index is 12.4. The molecule has 0 aliphatic heterocycles. The van der Waals surface area contributed by atoms with E-state index in [1.165, 1.54) is 0 Å². The van der Waals surface area contributed by atoms with Gasteiger partial charge >= 0.3 is 0 Å². The number of aryl methyl sites for hydroxylation is 1. The lowest BCUT2D eigenvalue weighted by Crippen LogP contribution is -2.32. The molecule has 1 heterocycles. The number of carbonyl (C=O) groups excluding carboxylic acids is 1. The van der Waals surface area contributed by atoms with Crippen LogP contribution in [0.15, 0.2) is 54.6 Å². The topological polar surface area (TPSA) is 75.9 Å². The fourth-order valence-corrected chi connectivity index (χ4v) is 2.58. The Balaban J connectivity index is 1.72. The average molecular weight is 336 g/mol. The van der Waals surface area contributed by atoms with Crippen molar-refractivity contribution >= 4 is 17.5 Å². The molecular weight excluding hydrogens is 316 g/mol. The first-order valence-corrected chi connectivity index (χ1v) is 8.11. The highest BCUT2D eigenvalue weighted by atomic mass is 16.2. The first-order valence-electron chi connectivity index (χ1n) is 8.11. The van der Waals surface area contributed by atoms with Crippen LogP contribution in [0.1, 0.15) is 12.5 Å². The smallest absolute Gasteiger partial charge is 0.250 e. The zero-order valence-corrected chi connectivity index (χ0v) is 14.3. The molecule has 1 amide bonds. The molecule has 7 heteroatoms. The van der Waals surface area contributed by atoms with E-state index in [4.69, 9.17) is 0 Å². The van der Waals surface area contributed by atoms with Gasteiger partial charge in [-0.2, -0.15) is 4.68 Å². The standard InChI is InChI=1S/C18H20N6O/c1-3-14-9-7-8-12-16(14)19-17(25)13-23(2)18-20-21-22-24(18)15-10-5-4-6-11-15/h4-12H,3,13H2,1-2H3,(H,19,25). The Labute approximate surface area is 146 Å². The third-order valence-corrected chi connectivity index (χ3v) is 3.85. The third-order valence-electron chi connectivity index (χ3n) is 3.85. The molecule has 0 unspecified atom stereocenters. The Bertz CT molecular complexity index is 846. The van der Waals surface area contributed by atoms with Gasteiger partial charge in [-0.3, -0.25) is 4.79 Å². The number of benzene rings is 2. The Hall–Kier alpha value is -3.22. The fourth-order valence-electron chi connectivity index (χ4n) is 2.58. The van der Waals surface area contributed by atoms with Crippen molar-refractivity contribution in [2.45, 2.75) is 13.3 Å². The fraction of sp³-hybridized carbons (Fsp3) is 0.222. The molecule has 1 aromatic heterocycles. The van der Waals surface area contributed by atoms with Gasteiger partial charge in [0.05, 0.1) is 12.2 Å². The van der Waals surface area contributed by atoms with Gasteiger partial charge in [-0.05, 0) is 40.6 Å². The number of rotatable bonds is 6. The van der Waals surface area contributed by atoms with E-state index >= 15 is 0 Å². The summed E-state index contributed by atoms with van der Waals surface area (Å²) in [6.07, 6.45) is 0.860. The van der Waals surface area contributed by atoms with Crippen LogP contribution in [-0.2, 0) is 11.2 Å². The van der Waals surface area contributed by atoms with Crippen LogP contribution in [0, 0.1) is 0 Å². The summed E-state index contributed by atoms with van der Waals surface area (Å²) in [6.45, 7) is 2.20.